The molecule has 0 saturated heterocycles. The van der Waals surface area contributed by atoms with E-state index in [1.54, 1.807) is 0 Å². The summed E-state index contributed by atoms with van der Waals surface area (Å²) in [6.45, 7) is 3.69. The van der Waals surface area contributed by atoms with Crippen molar-refractivity contribution < 1.29 is 34.2 Å². The van der Waals surface area contributed by atoms with E-state index in [-0.39, 0.29) is 29.2 Å². The second-order valence-electron chi connectivity index (χ2n) is 9.18. The van der Waals surface area contributed by atoms with E-state index in [0.29, 0.717) is 11.1 Å². The summed E-state index contributed by atoms with van der Waals surface area (Å²) in [7, 11) is 3.06. The van der Waals surface area contributed by atoms with E-state index in [1.807, 2.05) is 0 Å². The standard InChI is InChI=1S/C23H23ClN2O7/c1-8(24)10-4-5-13(27)15-11(10)6-9-7-12-17(26(2)3)19(29)16(22(25)32)21(31)23(12,33)20(30)14(9)18(15)28/h4-5,9,12,14,16-17,27,33H,1,6-7H2,2-3H3,(H2,25,32)/t9-,12-,14?,16?,17-,23-/m1/s1. The minimum atomic E-state index is -2.74. The third-order valence-electron chi connectivity index (χ3n) is 7.24. The Balaban J connectivity index is 1.90. The molecule has 3 aliphatic carbocycles. The Morgan fingerprint density at radius 2 is 1.85 bits per heavy atom. The molecule has 0 aliphatic heterocycles. The van der Waals surface area contributed by atoms with Crippen LogP contribution in [0.4, 0.5) is 0 Å². The van der Waals surface area contributed by atoms with Gasteiger partial charge in [-0.25, -0.2) is 0 Å². The van der Waals surface area contributed by atoms with Crippen molar-refractivity contribution >= 4 is 45.7 Å². The number of ketones is 4. The minimum absolute atomic E-state index is 0.0201. The number of Topliss-reactive ketones (excluding diaryl/α,β-unsaturated/α-hetero) is 4. The Labute approximate surface area is 194 Å². The number of nitrogens with two attached hydrogens (primary N) is 1. The van der Waals surface area contributed by atoms with Crippen molar-refractivity contribution in [2.75, 3.05) is 14.1 Å². The van der Waals surface area contributed by atoms with Crippen LogP contribution in [0, 0.1) is 23.7 Å². The molecule has 1 amide bonds. The van der Waals surface area contributed by atoms with Crippen LogP contribution in [0.3, 0.4) is 0 Å². The predicted octanol–water partition coefficient (Wildman–Crippen LogP) is 0.0765. The molecule has 4 rings (SSSR count). The number of carbonyl (C=O) groups excluding carboxylic acids is 5. The molecule has 0 radical (unpaired) electrons. The molecule has 0 heterocycles. The van der Waals surface area contributed by atoms with Crippen LogP contribution in [0.2, 0.25) is 0 Å². The highest BCUT2D eigenvalue weighted by atomic mass is 35.5. The summed E-state index contributed by atoms with van der Waals surface area (Å²) in [5, 5.41) is 22.0. The molecule has 2 fully saturated rings. The number of rotatable bonds is 3. The second-order valence-corrected chi connectivity index (χ2v) is 9.64. The van der Waals surface area contributed by atoms with E-state index >= 15 is 0 Å². The summed E-state index contributed by atoms with van der Waals surface area (Å²) < 4.78 is 0. The van der Waals surface area contributed by atoms with Gasteiger partial charge in [-0.15, -0.1) is 0 Å². The molecule has 0 spiro atoms. The number of hydrogen-bond donors (Lipinski definition) is 3. The van der Waals surface area contributed by atoms with Gasteiger partial charge in [0.2, 0.25) is 5.91 Å². The first-order chi connectivity index (χ1) is 15.3. The molecule has 6 atom stereocenters. The number of aliphatic hydroxyl groups is 1. The molecule has 174 valence electrons. The van der Waals surface area contributed by atoms with E-state index in [4.69, 9.17) is 17.3 Å². The minimum Gasteiger partial charge on any atom is -0.507 e. The summed E-state index contributed by atoms with van der Waals surface area (Å²) >= 11 is 6.09. The zero-order chi connectivity index (χ0) is 24.6. The molecule has 1 aromatic carbocycles. The van der Waals surface area contributed by atoms with Crippen LogP contribution in [0.15, 0.2) is 18.7 Å². The third-order valence-corrected chi connectivity index (χ3v) is 7.44. The van der Waals surface area contributed by atoms with Gasteiger partial charge in [0.05, 0.1) is 17.5 Å². The molecule has 33 heavy (non-hydrogen) atoms. The summed E-state index contributed by atoms with van der Waals surface area (Å²) in [6, 6.07) is 1.64. The van der Waals surface area contributed by atoms with Gasteiger partial charge in [-0.2, -0.15) is 0 Å². The van der Waals surface area contributed by atoms with Gasteiger partial charge in [-0.1, -0.05) is 18.2 Å². The number of benzene rings is 1. The lowest BCUT2D eigenvalue weighted by molar-refractivity contribution is -0.181. The largest absolute Gasteiger partial charge is 0.507 e. The van der Waals surface area contributed by atoms with E-state index in [9.17, 15) is 34.2 Å². The molecule has 4 N–H and O–H groups in total. The van der Waals surface area contributed by atoms with Gasteiger partial charge in [-0.05, 0) is 56.1 Å². The highest BCUT2D eigenvalue weighted by molar-refractivity contribution is 6.48. The molecule has 0 bridgehead atoms. The van der Waals surface area contributed by atoms with Crippen molar-refractivity contribution in [3.8, 4) is 5.75 Å². The van der Waals surface area contributed by atoms with Crippen LogP contribution in [-0.4, -0.2) is 69.9 Å². The van der Waals surface area contributed by atoms with Crippen LogP contribution in [-0.2, 0) is 25.6 Å². The van der Waals surface area contributed by atoms with E-state index in [2.05, 4.69) is 6.58 Å². The predicted molar refractivity (Wildman–Crippen MR) is 116 cm³/mol. The topological polar surface area (TPSA) is 155 Å². The number of carbonyl (C=O) groups is 5. The summed E-state index contributed by atoms with van der Waals surface area (Å²) in [5.74, 6) is -10.8. The number of likely N-dealkylation sites (N-methyl/N-ethyl adjacent to an activating group) is 1. The smallest absolute Gasteiger partial charge is 0.235 e. The first-order valence-corrected chi connectivity index (χ1v) is 10.8. The van der Waals surface area contributed by atoms with Crippen molar-refractivity contribution in [1.82, 2.24) is 4.90 Å². The summed E-state index contributed by atoms with van der Waals surface area (Å²) in [6.07, 6.45) is 0.120. The number of aromatic hydroxyl groups is 1. The maximum absolute atomic E-state index is 13.6. The van der Waals surface area contributed by atoms with Crippen LogP contribution < -0.4 is 5.73 Å². The van der Waals surface area contributed by atoms with Gasteiger partial charge in [0.15, 0.2) is 34.7 Å². The van der Waals surface area contributed by atoms with Gasteiger partial charge >= 0.3 is 0 Å². The molecular formula is C23H23ClN2O7. The van der Waals surface area contributed by atoms with Gasteiger partial charge in [0.25, 0.3) is 0 Å². The SMILES string of the molecule is C=C(Cl)c1ccc(O)c2c1C[C@@H]1C[C@@H]3[C@@H](N(C)C)C(=O)C(C(N)=O)C(=O)[C@]3(O)C(=O)C1C2=O. The first-order valence-electron chi connectivity index (χ1n) is 10.4. The van der Waals surface area contributed by atoms with Crippen LogP contribution >= 0.6 is 11.6 Å². The quantitative estimate of drug-likeness (QED) is 0.520. The number of amides is 1. The highest BCUT2D eigenvalue weighted by Gasteiger charge is 2.69. The Bertz CT molecular complexity index is 1160. The van der Waals surface area contributed by atoms with Crippen LogP contribution in [0.5, 0.6) is 5.75 Å². The fraction of sp³-hybridized carbons (Fsp3) is 0.435. The zero-order valence-corrected chi connectivity index (χ0v) is 18.8. The Morgan fingerprint density at radius 1 is 1.21 bits per heavy atom. The van der Waals surface area contributed by atoms with Gasteiger partial charge in [-0.3, -0.25) is 28.9 Å². The number of phenolic OH excluding ortho intramolecular Hbond substituents is 1. The normalized spacial score (nSPS) is 33.4. The number of phenols is 1. The van der Waals surface area contributed by atoms with E-state index in [1.165, 1.54) is 31.1 Å². The van der Waals surface area contributed by atoms with Crippen molar-refractivity contribution in [2.24, 2.45) is 29.4 Å². The molecular weight excluding hydrogens is 452 g/mol. The molecule has 0 aromatic heterocycles. The maximum atomic E-state index is 13.6. The van der Waals surface area contributed by atoms with Crippen molar-refractivity contribution in [1.29, 1.82) is 0 Å². The average Bonchev–Trinajstić information content (AvgIpc) is 2.70. The number of hydrogen-bond acceptors (Lipinski definition) is 8. The maximum Gasteiger partial charge on any atom is 0.235 e. The number of halogens is 1. The second kappa shape index (κ2) is 7.58. The molecule has 1 aromatic rings. The van der Waals surface area contributed by atoms with Crippen LogP contribution in [0.1, 0.15) is 27.9 Å². The molecule has 3 aliphatic rings. The van der Waals surface area contributed by atoms with Gasteiger partial charge < -0.3 is 15.9 Å². The van der Waals surface area contributed by atoms with E-state index in [0.717, 1.165) is 0 Å². The zero-order valence-electron chi connectivity index (χ0n) is 18.0. The fourth-order valence-corrected chi connectivity index (χ4v) is 6.04. The lowest BCUT2D eigenvalue weighted by Crippen LogP contribution is -2.74. The first kappa shape index (κ1) is 23.3. The number of nitrogens with zero attached hydrogens (tertiary/aromatic N) is 1. The number of primary amides is 1. The van der Waals surface area contributed by atoms with Crippen molar-refractivity contribution in [3.05, 3.63) is 35.4 Å². The van der Waals surface area contributed by atoms with Gasteiger partial charge in [0, 0.05) is 11.0 Å². The monoisotopic (exact) mass is 474 g/mol. The summed E-state index contributed by atoms with van der Waals surface area (Å²) in [4.78, 5) is 66.6. The Kier molecular flexibility index (Phi) is 5.35. The van der Waals surface area contributed by atoms with Crippen LogP contribution in [0.25, 0.3) is 5.03 Å². The Hall–Kier alpha value is -2.88. The molecule has 2 unspecified atom stereocenters. The highest BCUT2D eigenvalue weighted by Crippen LogP contribution is 2.51. The molecule has 2 saturated carbocycles. The fourth-order valence-electron chi connectivity index (χ4n) is 5.86. The number of fused-ring (bicyclic) bond motifs is 3. The Morgan fingerprint density at radius 3 is 2.39 bits per heavy atom. The average molecular weight is 475 g/mol. The summed E-state index contributed by atoms with van der Waals surface area (Å²) in [5.41, 5.74) is 3.30. The lowest BCUT2D eigenvalue weighted by Gasteiger charge is -2.52. The third kappa shape index (κ3) is 3.03. The molecule has 9 nitrogen and oxygen atoms in total. The van der Waals surface area contributed by atoms with E-state index < -0.39 is 64.4 Å². The molecule has 10 heteroatoms. The van der Waals surface area contributed by atoms with Gasteiger partial charge in [0.1, 0.15) is 5.75 Å². The van der Waals surface area contributed by atoms with Crippen molar-refractivity contribution in [3.63, 3.8) is 0 Å². The lowest BCUT2D eigenvalue weighted by atomic mass is 9.52. The van der Waals surface area contributed by atoms with Crippen molar-refractivity contribution in [2.45, 2.75) is 24.5 Å².